The molecule has 1 N–H and O–H groups in total. The average molecular weight is 587 g/mol. The molecule has 0 aliphatic carbocycles. The Hall–Kier alpha value is -5.04. The van der Waals surface area contributed by atoms with E-state index in [0.717, 1.165) is 33.5 Å². The number of para-hydroxylation sites is 1. The summed E-state index contributed by atoms with van der Waals surface area (Å²) >= 11 is 3.62. The highest BCUT2D eigenvalue weighted by Gasteiger charge is 2.25. The highest BCUT2D eigenvalue weighted by Crippen LogP contribution is 2.48. The van der Waals surface area contributed by atoms with Crippen molar-refractivity contribution in [3.05, 3.63) is 121 Å². The lowest BCUT2D eigenvalue weighted by atomic mass is 10.00. The molecule has 1 aliphatic heterocycles. The zero-order valence-corrected chi connectivity index (χ0v) is 24.5. The van der Waals surface area contributed by atoms with Crippen LogP contribution in [0.1, 0.15) is 5.69 Å². The molecule has 0 atom stereocenters. The molecule has 0 bridgehead atoms. The van der Waals surface area contributed by atoms with E-state index in [1.807, 2.05) is 17.5 Å². The van der Waals surface area contributed by atoms with Crippen molar-refractivity contribution < 1.29 is 0 Å². The molecule has 6 heteroatoms. The van der Waals surface area contributed by atoms with E-state index < -0.39 is 0 Å². The predicted molar refractivity (Wildman–Crippen MR) is 185 cm³/mol. The Balaban J connectivity index is 1.45. The average Bonchev–Trinajstić information content (AvgIpc) is 3.74. The molecule has 0 spiro atoms. The monoisotopic (exact) mass is 586 g/mol. The summed E-state index contributed by atoms with van der Waals surface area (Å²) in [5.74, 6) is 0.711. The van der Waals surface area contributed by atoms with Crippen molar-refractivity contribution in [2.75, 3.05) is 6.54 Å². The maximum Gasteiger partial charge on any atom is 0.236 e. The molecular formula is C37H22N4S2. The zero-order chi connectivity index (χ0) is 28.1. The number of nitrogens with one attached hydrogen (secondary N) is 1. The lowest BCUT2D eigenvalue weighted by Crippen LogP contribution is -2.14. The van der Waals surface area contributed by atoms with Crippen molar-refractivity contribution >= 4 is 101 Å². The van der Waals surface area contributed by atoms with Crippen LogP contribution in [0, 0.1) is 0 Å². The Bertz CT molecular complexity index is 2690. The van der Waals surface area contributed by atoms with E-state index in [1.165, 1.54) is 57.3 Å². The molecule has 5 aromatic carbocycles. The van der Waals surface area contributed by atoms with Crippen molar-refractivity contribution in [2.24, 2.45) is 0 Å². The second-order valence-electron chi connectivity index (χ2n) is 11.0. The van der Waals surface area contributed by atoms with Gasteiger partial charge in [-0.1, -0.05) is 84.9 Å². The molecule has 202 valence electrons. The van der Waals surface area contributed by atoms with Gasteiger partial charge in [-0.3, -0.25) is 4.57 Å². The van der Waals surface area contributed by atoms with Gasteiger partial charge in [0.25, 0.3) is 0 Å². The minimum Gasteiger partial charge on any atom is -0.387 e. The van der Waals surface area contributed by atoms with Crippen LogP contribution in [-0.2, 0) is 0 Å². The molecule has 0 radical (unpaired) electrons. The number of nitrogens with zero attached hydrogens (tertiary/aromatic N) is 3. The van der Waals surface area contributed by atoms with E-state index in [1.54, 1.807) is 11.3 Å². The van der Waals surface area contributed by atoms with Crippen molar-refractivity contribution in [3.8, 4) is 5.95 Å². The maximum absolute atomic E-state index is 5.46. The van der Waals surface area contributed by atoms with Crippen molar-refractivity contribution in [3.63, 3.8) is 0 Å². The van der Waals surface area contributed by atoms with Gasteiger partial charge < -0.3 is 5.32 Å². The van der Waals surface area contributed by atoms with Crippen LogP contribution in [0.25, 0.3) is 84.6 Å². The molecule has 9 aromatic rings. The van der Waals surface area contributed by atoms with Gasteiger partial charge in [-0.05, 0) is 41.4 Å². The first-order chi connectivity index (χ1) is 21.3. The topological polar surface area (TPSA) is 42.7 Å². The van der Waals surface area contributed by atoms with Gasteiger partial charge in [0.15, 0.2) is 0 Å². The Morgan fingerprint density at radius 3 is 2.09 bits per heavy atom. The van der Waals surface area contributed by atoms with Crippen LogP contribution in [0.2, 0.25) is 0 Å². The van der Waals surface area contributed by atoms with Gasteiger partial charge in [0.1, 0.15) is 4.83 Å². The molecule has 4 aromatic heterocycles. The number of thiophene rings is 2. The van der Waals surface area contributed by atoms with Crippen LogP contribution in [0.5, 0.6) is 0 Å². The number of dihydropyridines is 1. The van der Waals surface area contributed by atoms with Crippen molar-refractivity contribution in [1.29, 1.82) is 0 Å². The maximum atomic E-state index is 5.46. The molecule has 0 unspecified atom stereocenters. The molecule has 5 heterocycles. The summed E-state index contributed by atoms with van der Waals surface area (Å²) in [5.41, 5.74) is 4.45. The summed E-state index contributed by atoms with van der Waals surface area (Å²) < 4.78 is 6.16. The summed E-state index contributed by atoms with van der Waals surface area (Å²) in [6.07, 6.45) is 6.23. The molecular weight excluding hydrogens is 565 g/mol. The number of aromatic nitrogens is 3. The summed E-state index contributed by atoms with van der Waals surface area (Å²) in [7, 11) is 0. The van der Waals surface area contributed by atoms with Crippen molar-refractivity contribution in [1.82, 2.24) is 19.9 Å². The van der Waals surface area contributed by atoms with E-state index in [0.29, 0.717) is 5.95 Å². The molecule has 10 rings (SSSR count). The first kappa shape index (κ1) is 23.5. The van der Waals surface area contributed by atoms with Gasteiger partial charge in [-0.15, -0.1) is 22.7 Å². The Morgan fingerprint density at radius 1 is 0.628 bits per heavy atom. The number of fused-ring (bicyclic) bond motifs is 13. The molecule has 43 heavy (non-hydrogen) atoms. The number of rotatable bonds is 2. The molecule has 0 saturated carbocycles. The SMILES string of the molecule is C1=CNCC(c2nc(-n3c4ccccc4c4c5ccccc5c5sc6ccccc6c5c43)nc3sc4ccccc4c23)=C1. The summed E-state index contributed by atoms with van der Waals surface area (Å²) in [6, 6.07) is 35.0. The van der Waals surface area contributed by atoms with Crippen LogP contribution < -0.4 is 5.32 Å². The molecule has 4 nitrogen and oxygen atoms in total. The summed E-state index contributed by atoms with van der Waals surface area (Å²) in [4.78, 5) is 11.8. The standard InChI is InChI=1S/C37H22N4S2/c1-2-12-23-22(11-1)30-24-13-3-6-16-27(24)41(34(30)32-26-15-5-7-17-28(26)42-35(23)32)37-39-33(21-10-9-19-38-20-21)31-25-14-4-8-18-29(25)43-36(31)40-37/h1-19,38H,20H2. The summed E-state index contributed by atoms with van der Waals surface area (Å²) in [6.45, 7) is 0.726. The number of hydrogen-bond acceptors (Lipinski definition) is 5. The van der Waals surface area contributed by atoms with Gasteiger partial charge in [-0.25, -0.2) is 9.97 Å². The Labute approximate surface area is 253 Å². The van der Waals surface area contributed by atoms with Gasteiger partial charge in [-0.2, -0.15) is 0 Å². The van der Waals surface area contributed by atoms with E-state index >= 15 is 0 Å². The quantitative estimate of drug-likeness (QED) is 0.219. The van der Waals surface area contributed by atoms with Gasteiger partial charge in [0.2, 0.25) is 5.95 Å². The summed E-state index contributed by atoms with van der Waals surface area (Å²) in [5, 5.41) is 13.3. The lowest BCUT2D eigenvalue weighted by Gasteiger charge is -2.14. The van der Waals surface area contributed by atoms with Crippen LogP contribution in [0.4, 0.5) is 0 Å². The third-order valence-corrected chi connectivity index (χ3v) is 11.0. The van der Waals surface area contributed by atoms with E-state index in [2.05, 4.69) is 119 Å². The predicted octanol–water partition coefficient (Wildman–Crippen LogP) is 9.96. The molecule has 0 amide bonds. The fourth-order valence-electron chi connectivity index (χ4n) is 6.89. The van der Waals surface area contributed by atoms with Crippen LogP contribution in [0.3, 0.4) is 0 Å². The fraction of sp³-hybridized carbons (Fsp3) is 0.0270. The first-order valence-corrected chi connectivity index (χ1v) is 16.0. The largest absolute Gasteiger partial charge is 0.387 e. The van der Waals surface area contributed by atoms with E-state index in [-0.39, 0.29) is 0 Å². The fourth-order valence-corrected chi connectivity index (χ4v) is 9.21. The highest BCUT2D eigenvalue weighted by atomic mass is 32.1. The second kappa shape index (κ2) is 8.74. The van der Waals surface area contributed by atoms with Gasteiger partial charge in [0, 0.05) is 58.3 Å². The second-order valence-corrected chi connectivity index (χ2v) is 13.1. The third kappa shape index (κ3) is 3.19. The Morgan fingerprint density at radius 2 is 1.30 bits per heavy atom. The van der Waals surface area contributed by atoms with Crippen LogP contribution in [-0.4, -0.2) is 21.1 Å². The minimum atomic E-state index is 0.711. The smallest absolute Gasteiger partial charge is 0.236 e. The lowest BCUT2D eigenvalue weighted by molar-refractivity contribution is 0.963. The molecule has 0 fully saturated rings. The number of benzene rings is 5. The Kier molecular flexibility index (Phi) is 4.78. The number of allylic oxidation sites excluding steroid dienone is 2. The molecule has 1 aliphatic rings. The normalized spacial score (nSPS) is 13.7. The van der Waals surface area contributed by atoms with E-state index in [4.69, 9.17) is 9.97 Å². The van der Waals surface area contributed by atoms with Crippen LogP contribution in [0.15, 0.2) is 115 Å². The first-order valence-electron chi connectivity index (χ1n) is 14.4. The van der Waals surface area contributed by atoms with Crippen molar-refractivity contribution in [2.45, 2.75) is 0 Å². The van der Waals surface area contributed by atoms with Crippen LogP contribution >= 0.6 is 22.7 Å². The number of hydrogen-bond donors (Lipinski definition) is 1. The minimum absolute atomic E-state index is 0.711. The third-order valence-electron chi connectivity index (χ3n) is 8.68. The zero-order valence-electron chi connectivity index (χ0n) is 22.8. The van der Waals surface area contributed by atoms with E-state index in [9.17, 15) is 0 Å². The molecule has 0 saturated heterocycles. The highest BCUT2D eigenvalue weighted by molar-refractivity contribution is 7.27. The van der Waals surface area contributed by atoms with Gasteiger partial charge >= 0.3 is 0 Å². The van der Waals surface area contributed by atoms with Gasteiger partial charge in [0.05, 0.1) is 16.7 Å².